The van der Waals surface area contributed by atoms with E-state index in [0.717, 1.165) is 0 Å². The summed E-state index contributed by atoms with van der Waals surface area (Å²) in [6.07, 6.45) is 1.45. The molecule has 8 heteroatoms. The molecule has 0 unspecified atom stereocenters. The minimum Gasteiger partial charge on any atom is -0.465 e. The van der Waals surface area contributed by atoms with Crippen LogP contribution in [0.25, 0.3) is 5.69 Å². The van der Waals surface area contributed by atoms with Gasteiger partial charge in [0.1, 0.15) is 11.8 Å². The molecule has 0 aliphatic carbocycles. The van der Waals surface area contributed by atoms with Gasteiger partial charge >= 0.3 is 11.9 Å². The number of hydrogen-bond acceptors (Lipinski definition) is 7. The van der Waals surface area contributed by atoms with Crippen LogP contribution in [0.4, 0.5) is 5.69 Å². The summed E-state index contributed by atoms with van der Waals surface area (Å²) in [6.45, 7) is 0. The van der Waals surface area contributed by atoms with Crippen LogP contribution in [0, 0.1) is 11.3 Å². The van der Waals surface area contributed by atoms with Crippen LogP contribution in [0.15, 0.2) is 54.7 Å². The number of esters is 2. The zero-order valence-corrected chi connectivity index (χ0v) is 15.7. The molecule has 146 valence electrons. The normalized spacial score (nSPS) is 10.1. The van der Waals surface area contributed by atoms with Gasteiger partial charge in [-0.2, -0.15) is 5.26 Å². The fraction of sp³-hybridized carbons (Fsp3) is 0.0952. The Hall–Kier alpha value is -4.25. The lowest BCUT2D eigenvalue weighted by Crippen LogP contribution is -2.11. The zero-order valence-electron chi connectivity index (χ0n) is 15.7. The highest BCUT2D eigenvalue weighted by molar-refractivity contribution is 5.96. The van der Waals surface area contributed by atoms with Crippen molar-refractivity contribution < 1.29 is 23.8 Å². The lowest BCUT2D eigenvalue weighted by atomic mass is 10.2. The standard InChI is InChI=1S/C21H17N3O5/c1-27-20(25)13-7-9-15(10-8-13)29-17-6-4-3-5-16(17)24-12-14(11-22)18(23)19(24)21(26)28-2/h3-10,12H,23H2,1-2H3. The number of nitriles is 1. The highest BCUT2D eigenvalue weighted by Crippen LogP contribution is 2.32. The minimum absolute atomic E-state index is 0.0246. The number of hydrogen-bond donors (Lipinski definition) is 1. The van der Waals surface area contributed by atoms with Crippen LogP contribution in [0.2, 0.25) is 0 Å². The van der Waals surface area contributed by atoms with Crippen molar-refractivity contribution in [1.82, 2.24) is 4.57 Å². The van der Waals surface area contributed by atoms with Gasteiger partial charge < -0.3 is 24.5 Å². The van der Waals surface area contributed by atoms with E-state index >= 15 is 0 Å². The largest absolute Gasteiger partial charge is 0.465 e. The third-order valence-corrected chi connectivity index (χ3v) is 4.17. The molecule has 2 aromatic carbocycles. The van der Waals surface area contributed by atoms with Crippen LogP contribution in [0.1, 0.15) is 26.4 Å². The summed E-state index contributed by atoms with van der Waals surface area (Å²) >= 11 is 0. The van der Waals surface area contributed by atoms with Crippen LogP contribution in [0.3, 0.4) is 0 Å². The van der Waals surface area contributed by atoms with Gasteiger partial charge in [0.05, 0.1) is 36.7 Å². The first-order chi connectivity index (χ1) is 14.0. The number of anilines is 1. The van der Waals surface area contributed by atoms with Crippen molar-refractivity contribution in [3.63, 3.8) is 0 Å². The molecule has 0 bridgehead atoms. The van der Waals surface area contributed by atoms with Crippen LogP contribution >= 0.6 is 0 Å². The highest BCUT2D eigenvalue weighted by Gasteiger charge is 2.23. The van der Waals surface area contributed by atoms with E-state index in [-0.39, 0.29) is 16.9 Å². The molecule has 1 aromatic heterocycles. The number of carbonyl (C=O) groups is 2. The van der Waals surface area contributed by atoms with E-state index in [9.17, 15) is 14.9 Å². The number of nitrogen functional groups attached to an aromatic ring is 1. The minimum atomic E-state index is -0.679. The summed E-state index contributed by atoms with van der Waals surface area (Å²) in [6, 6.07) is 15.3. The molecule has 1 heterocycles. The van der Waals surface area contributed by atoms with Gasteiger partial charge in [-0.3, -0.25) is 0 Å². The predicted molar refractivity (Wildman–Crippen MR) is 104 cm³/mol. The Kier molecular flexibility index (Phi) is 5.51. The topological polar surface area (TPSA) is 117 Å². The molecular weight excluding hydrogens is 374 g/mol. The van der Waals surface area contributed by atoms with Crippen LogP contribution in [0.5, 0.6) is 11.5 Å². The Bertz CT molecular complexity index is 1110. The fourth-order valence-electron chi connectivity index (χ4n) is 2.75. The van der Waals surface area contributed by atoms with E-state index in [1.165, 1.54) is 25.0 Å². The Morgan fingerprint density at radius 1 is 1.00 bits per heavy atom. The molecule has 29 heavy (non-hydrogen) atoms. The molecule has 0 amide bonds. The van der Waals surface area contributed by atoms with Crippen LogP contribution in [-0.2, 0) is 9.47 Å². The third kappa shape index (κ3) is 3.75. The molecule has 3 rings (SSSR count). The highest BCUT2D eigenvalue weighted by atomic mass is 16.5. The third-order valence-electron chi connectivity index (χ3n) is 4.17. The summed E-state index contributed by atoms with van der Waals surface area (Å²) in [4.78, 5) is 23.8. The molecule has 0 radical (unpaired) electrons. The van der Waals surface area contributed by atoms with Crippen LogP contribution < -0.4 is 10.5 Å². The average Bonchev–Trinajstić information content (AvgIpc) is 3.09. The molecule has 8 nitrogen and oxygen atoms in total. The van der Waals surface area contributed by atoms with Crippen molar-refractivity contribution >= 4 is 17.6 Å². The molecule has 0 aliphatic rings. The predicted octanol–water partition coefficient (Wildman–Crippen LogP) is 3.30. The quantitative estimate of drug-likeness (QED) is 0.663. The van der Waals surface area contributed by atoms with Gasteiger partial charge in [0.15, 0.2) is 11.4 Å². The van der Waals surface area contributed by atoms with Gasteiger partial charge in [-0.15, -0.1) is 0 Å². The Morgan fingerprint density at radius 2 is 1.66 bits per heavy atom. The summed E-state index contributed by atoms with van der Waals surface area (Å²) in [7, 11) is 2.54. The van der Waals surface area contributed by atoms with E-state index in [4.69, 9.17) is 15.2 Å². The maximum atomic E-state index is 12.2. The number of ether oxygens (including phenoxy) is 3. The fourth-order valence-corrected chi connectivity index (χ4v) is 2.75. The first-order valence-electron chi connectivity index (χ1n) is 8.45. The maximum absolute atomic E-state index is 12.2. The smallest absolute Gasteiger partial charge is 0.357 e. The number of rotatable bonds is 5. The van der Waals surface area contributed by atoms with Gasteiger partial charge in [0.2, 0.25) is 0 Å². The number of nitrogens with zero attached hydrogens (tertiary/aromatic N) is 2. The second-order valence-corrected chi connectivity index (χ2v) is 5.86. The second-order valence-electron chi connectivity index (χ2n) is 5.86. The molecule has 2 N–H and O–H groups in total. The van der Waals surface area contributed by atoms with Crippen molar-refractivity contribution in [2.24, 2.45) is 0 Å². The van der Waals surface area contributed by atoms with E-state index in [0.29, 0.717) is 22.7 Å². The molecule has 3 aromatic rings. The summed E-state index contributed by atoms with van der Waals surface area (Å²) in [5, 5.41) is 9.29. The van der Waals surface area contributed by atoms with E-state index in [2.05, 4.69) is 4.74 Å². The molecule has 0 spiro atoms. The summed E-state index contributed by atoms with van der Waals surface area (Å²) in [5.41, 5.74) is 7.03. The average molecular weight is 391 g/mol. The SMILES string of the molecule is COC(=O)c1ccc(Oc2ccccc2-n2cc(C#N)c(N)c2C(=O)OC)cc1. The Balaban J connectivity index is 2.04. The maximum Gasteiger partial charge on any atom is 0.357 e. The summed E-state index contributed by atoms with van der Waals surface area (Å²) in [5.74, 6) is -0.263. The van der Waals surface area contributed by atoms with Gasteiger partial charge in [0.25, 0.3) is 0 Å². The Labute approximate surface area is 166 Å². The van der Waals surface area contributed by atoms with Crippen molar-refractivity contribution in [1.29, 1.82) is 5.26 Å². The van der Waals surface area contributed by atoms with E-state index in [1.54, 1.807) is 48.5 Å². The zero-order chi connectivity index (χ0) is 21.0. The molecule has 0 fully saturated rings. The van der Waals surface area contributed by atoms with Crippen molar-refractivity contribution in [2.45, 2.75) is 0 Å². The number of aromatic nitrogens is 1. The number of methoxy groups -OCH3 is 2. The molecule has 0 saturated heterocycles. The first kappa shape index (κ1) is 19.5. The van der Waals surface area contributed by atoms with Crippen molar-refractivity contribution in [3.8, 4) is 23.3 Å². The van der Waals surface area contributed by atoms with E-state index in [1.807, 2.05) is 6.07 Å². The van der Waals surface area contributed by atoms with E-state index < -0.39 is 11.9 Å². The Morgan fingerprint density at radius 3 is 2.28 bits per heavy atom. The van der Waals surface area contributed by atoms with Crippen molar-refractivity contribution in [3.05, 3.63) is 71.5 Å². The number of benzene rings is 2. The van der Waals surface area contributed by atoms with Crippen LogP contribution in [-0.4, -0.2) is 30.7 Å². The van der Waals surface area contributed by atoms with Gasteiger partial charge in [-0.25, -0.2) is 9.59 Å². The molecule has 0 saturated carbocycles. The molecule has 0 atom stereocenters. The first-order valence-corrected chi connectivity index (χ1v) is 8.45. The number of para-hydroxylation sites is 2. The van der Waals surface area contributed by atoms with Gasteiger partial charge in [-0.05, 0) is 36.4 Å². The van der Waals surface area contributed by atoms with Gasteiger partial charge in [0, 0.05) is 6.20 Å². The monoisotopic (exact) mass is 391 g/mol. The molecule has 0 aliphatic heterocycles. The lowest BCUT2D eigenvalue weighted by molar-refractivity contribution is 0.0587. The van der Waals surface area contributed by atoms with Gasteiger partial charge in [-0.1, -0.05) is 12.1 Å². The van der Waals surface area contributed by atoms with Crippen molar-refractivity contribution in [2.75, 3.05) is 20.0 Å². The number of carbonyl (C=O) groups excluding carboxylic acids is 2. The summed E-state index contributed by atoms with van der Waals surface area (Å²) < 4.78 is 16.9. The molecular formula is C21H17N3O5. The second kappa shape index (κ2) is 8.19. The number of nitrogens with two attached hydrogens (primary N) is 1. The lowest BCUT2D eigenvalue weighted by Gasteiger charge is -2.14.